The van der Waals surface area contributed by atoms with Gasteiger partial charge in [0.1, 0.15) is 5.75 Å². The summed E-state index contributed by atoms with van der Waals surface area (Å²) < 4.78 is 24.4. The van der Waals surface area contributed by atoms with Crippen LogP contribution < -0.4 is 9.47 Å². The van der Waals surface area contributed by atoms with Gasteiger partial charge in [0, 0.05) is 11.6 Å². The topological polar surface area (TPSA) is 18.5 Å². The van der Waals surface area contributed by atoms with Crippen LogP contribution in [0.25, 0.3) is 0 Å². The van der Waals surface area contributed by atoms with Crippen LogP contribution in [0.15, 0.2) is 6.07 Å². The summed E-state index contributed by atoms with van der Waals surface area (Å²) >= 11 is 0. The van der Waals surface area contributed by atoms with Gasteiger partial charge in [-0.3, -0.25) is 0 Å². The zero-order chi connectivity index (χ0) is 11.7. The van der Waals surface area contributed by atoms with E-state index in [0.29, 0.717) is 12.3 Å². The number of hydrogen-bond acceptors (Lipinski definition) is 2. The summed E-state index contributed by atoms with van der Waals surface area (Å²) in [5, 5.41) is 0. The lowest BCUT2D eigenvalue weighted by molar-refractivity contribution is 0.368. The van der Waals surface area contributed by atoms with Crippen LogP contribution in [0.4, 0.5) is 4.39 Å². The quantitative estimate of drug-likeness (QED) is 0.781. The monoisotopic (exact) mass is 224 g/mol. The Morgan fingerprint density at radius 3 is 2.31 bits per heavy atom. The first-order valence-corrected chi connectivity index (χ1v) is 5.66. The first kappa shape index (κ1) is 11.2. The van der Waals surface area contributed by atoms with Crippen LogP contribution in [0.2, 0.25) is 0 Å². The molecule has 1 aromatic carbocycles. The zero-order valence-electron chi connectivity index (χ0n) is 9.97. The molecule has 2 nitrogen and oxygen atoms in total. The second-order valence-electron chi connectivity index (χ2n) is 4.12. The molecule has 0 aliphatic heterocycles. The molecule has 0 radical (unpaired) electrons. The second-order valence-corrected chi connectivity index (χ2v) is 4.12. The Hall–Kier alpha value is -1.25. The van der Waals surface area contributed by atoms with E-state index in [2.05, 4.69) is 0 Å². The Labute approximate surface area is 95.4 Å². The van der Waals surface area contributed by atoms with E-state index in [4.69, 9.17) is 9.47 Å². The molecule has 0 N–H and O–H groups in total. The number of rotatable bonds is 4. The predicted molar refractivity (Wildman–Crippen MR) is 60.9 cm³/mol. The smallest absolute Gasteiger partial charge is 0.168 e. The average Bonchev–Trinajstić information content (AvgIpc) is 3.12. The molecule has 1 saturated carbocycles. The molecule has 0 aromatic heterocycles. The summed E-state index contributed by atoms with van der Waals surface area (Å²) in [7, 11) is 3.10. The maximum Gasteiger partial charge on any atom is 0.168 e. The standard InChI is InChI=1S/C13H17FO2/c1-4-9-12(8-5-6-8)10(15-2)7-11(16-3)13(9)14/h7-8H,4-6H2,1-3H3. The van der Waals surface area contributed by atoms with Crippen molar-refractivity contribution in [2.24, 2.45) is 0 Å². The first-order chi connectivity index (χ1) is 7.72. The summed E-state index contributed by atoms with van der Waals surface area (Å²) in [5.41, 5.74) is 1.79. The van der Waals surface area contributed by atoms with Crippen molar-refractivity contribution in [1.29, 1.82) is 0 Å². The predicted octanol–water partition coefficient (Wildman–Crippen LogP) is 3.28. The van der Waals surface area contributed by atoms with Gasteiger partial charge in [0.25, 0.3) is 0 Å². The summed E-state index contributed by atoms with van der Waals surface area (Å²) in [6, 6.07) is 1.65. The van der Waals surface area contributed by atoms with E-state index in [9.17, 15) is 4.39 Å². The van der Waals surface area contributed by atoms with Crippen LogP contribution in [0.3, 0.4) is 0 Å². The molecule has 1 aliphatic rings. The van der Waals surface area contributed by atoms with Crippen molar-refractivity contribution in [2.75, 3.05) is 14.2 Å². The summed E-state index contributed by atoms with van der Waals surface area (Å²) in [4.78, 5) is 0. The second kappa shape index (κ2) is 4.32. The van der Waals surface area contributed by atoms with E-state index < -0.39 is 0 Å². The third-order valence-electron chi connectivity index (χ3n) is 3.11. The number of benzene rings is 1. The lowest BCUT2D eigenvalue weighted by Gasteiger charge is -2.16. The van der Waals surface area contributed by atoms with Crippen LogP contribution >= 0.6 is 0 Å². The van der Waals surface area contributed by atoms with Gasteiger partial charge >= 0.3 is 0 Å². The summed E-state index contributed by atoms with van der Waals surface area (Å²) in [6.45, 7) is 1.96. The Bertz CT molecular complexity index is 397. The molecule has 1 fully saturated rings. The molecule has 0 spiro atoms. The fraction of sp³-hybridized carbons (Fsp3) is 0.538. The maximum absolute atomic E-state index is 14.1. The minimum atomic E-state index is -0.229. The molecule has 16 heavy (non-hydrogen) atoms. The normalized spacial score (nSPS) is 15.0. The van der Waals surface area contributed by atoms with Crippen LogP contribution in [-0.4, -0.2) is 14.2 Å². The lowest BCUT2D eigenvalue weighted by atomic mass is 9.98. The van der Waals surface area contributed by atoms with Crippen molar-refractivity contribution in [3.8, 4) is 11.5 Å². The highest BCUT2D eigenvalue weighted by atomic mass is 19.1. The third-order valence-corrected chi connectivity index (χ3v) is 3.11. The van der Waals surface area contributed by atoms with Crippen LogP contribution in [0, 0.1) is 5.82 Å². The van der Waals surface area contributed by atoms with Crippen LogP contribution in [0.5, 0.6) is 11.5 Å². The minimum absolute atomic E-state index is 0.229. The molecule has 0 amide bonds. The van der Waals surface area contributed by atoms with Gasteiger partial charge in [-0.25, -0.2) is 4.39 Å². The van der Waals surface area contributed by atoms with E-state index in [1.54, 1.807) is 13.2 Å². The molecule has 0 bridgehead atoms. The highest BCUT2D eigenvalue weighted by molar-refractivity contribution is 5.51. The molecule has 0 heterocycles. The van der Waals surface area contributed by atoms with Crippen molar-refractivity contribution >= 4 is 0 Å². The number of methoxy groups -OCH3 is 2. The molecule has 1 aliphatic carbocycles. The SMILES string of the molecule is CCc1c(F)c(OC)cc(OC)c1C1CC1. The van der Waals surface area contributed by atoms with Gasteiger partial charge < -0.3 is 9.47 Å². The van der Waals surface area contributed by atoms with E-state index in [1.165, 1.54) is 7.11 Å². The number of halogens is 1. The summed E-state index contributed by atoms with van der Waals surface area (Å²) in [5.74, 6) is 1.29. The Kier molecular flexibility index (Phi) is 3.03. The Morgan fingerprint density at radius 1 is 1.25 bits per heavy atom. The minimum Gasteiger partial charge on any atom is -0.496 e. The number of hydrogen-bond donors (Lipinski definition) is 0. The van der Waals surface area contributed by atoms with Crippen molar-refractivity contribution < 1.29 is 13.9 Å². The largest absolute Gasteiger partial charge is 0.496 e. The fourth-order valence-electron chi connectivity index (χ4n) is 2.16. The molecule has 0 atom stereocenters. The molecule has 3 heteroatoms. The van der Waals surface area contributed by atoms with Crippen molar-refractivity contribution in [2.45, 2.75) is 32.1 Å². The van der Waals surface area contributed by atoms with Gasteiger partial charge in [0.15, 0.2) is 11.6 Å². The van der Waals surface area contributed by atoms with Gasteiger partial charge in [0.05, 0.1) is 14.2 Å². The molecule has 2 rings (SSSR count). The van der Waals surface area contributed by atoms with Gasteiger partial charge in [0.2, 0.25) is 0 Å². The Balaban J connectivity index is 2.59. The van der Waals surface area contributed by atoms with E-state index in [1.807, 2.05) is 6.92 Å². The molecule has 88 valence electrons. The van der Waals surface area contributed by atoms with E-state index >= 15 is 0 Å². The average molecular weight is 224 g/mol. The van der Waals surface area contributed by atoms with Gasteiger partial charge in [-0.05, 0) is 30.7 Å². The molecular weight excluding hydrogens is 207 g/mol. The highest BCUT2D eigenvalue weighted by Crippen LogP contribution is 2.48. The number of ether oxygens (including phenoxy) is 2. The molecule has 0 saturated heterocycles. The highest BCUT2D eigenvalue weighted by Gasteiger charge is 2.31. The third kappa shape index (κ3) is 1.75. The fourth-order valence-corrected chi connectivity index (χ4v) is 2.16. The Morgan fingerprint density at radius 2 is 1.88 bits per heavy atom. The maximum atomic E-state index is 14.1. The van der Waals surface area contributed by atoms with Crippen LogP contribution in [0.1, 0.15) is 36.8 Å². The van der Waals surface area contributed by atoms with E-state index in [-0.39, 0.29) is 11.6 Å². The first-order valence-electron chi connectivity index (χ1n) is 5.66. The van der Waals surface area contributed by atoms with Crippen molar-refractivity contribution in [1.82, 2.24) is 0 Å². The van der Waals surface area contributed by atoms with Gasteiger partial charge in [-0.2, -0.15) is 0 Å². The van der Waals surface area contributed by atoms with Crippen molar-refractivity contribution in [3.05, 3.63) is 23.0 Å². The lowest BCUT2D eigenvalue weighted by Crippen LogP contribution is -2.02. The van der Waals surface area contributed by atoms with Crippen molar-refractivity contribution in [3.63, 3.8) is 0 Å². The van der Waals surface area contributed by atoms with Gasteiger partial charge in [-0.15, -0.1) is 0 Å². The molecule has 1 aromatic rings. The molecular formula is C13H17FO2. The van der Waals surface area contributed by atoms with Crippen LogP contribution in [-0.2, 0) is 6.42 Å². The van der Waals surface area contributed by atoms with Gasteiger partial charge in [-0.1, -0.05) is 6.92 Å². The van der Waals surface area contributed by atoms with E-state index in [0.717, 1.165) is 29.7 Å². The molecule has 0 unspecified atom stereocenters. The summed E-state index contributed by atoms with van der Waals surface area (Å²) in [6.07, 6.45) is 2.94. The zero-order valence-corrected chi connectivity index (χ0v) is 9.97.